The number of benzene rings is 1. The van der Waals surface area contributed by atoms with E-state index in [0.29, 0.717) is 43.5 Å². The number of anilines is 1. The van der Waals surface area contributed by atoms with Crippen LogP contribution in [0.2, 0.25) is 0 Å². The van der Waals surface area contributed by atoms with E-state index in [4.69, 9.17) is 0 Å². The van der Waals surface area contributed by atoms with Crippen LogP contribution in [0, 0.1) is 5.41 Å². The second-order valence-corrected chi connectivity index (χ2v) is 11.1. The summed E-state index contributed by atoms with van der Waals surface area (Å²) in [6.07, 6.45) is 4.04. The minimum atomic E-state index is -1.05. The van der Waals surface area contributed by atoms with Crippen molar-refractivity contribution in [3.05, 3.63) is 59.9 Å². The first-order chi connectivity index (χ1) is 17.5. The van der Waals surface area contributed by atoms with Gasteiger partial charge in [0.15, 0.2) is 0 Å². The molecule has 1 aromatic carbocycles. The van der Waals surface area contributed by atoms with Gasteiger partial charge in [0, 0.05) is 42.7 Å². The molecule has 2 fully saturated rings. The molecule has 2 saturated heterocycles. The lowest BCUT2D eigenvalue weighted by molar-refractivity contribution is -0.131. The molecule has 0 aliphatic carbocycles. The lowest BCUT2D eigenvalue weighted by Crippen LogP contribution is -2.61. The monoisotopic (exact) mass is 508 g/mol. The number of amides is 3. The number of aliphatic hydroxyl groups is 1. The van der Waals surface area contributed by atoms with Crippen LogP contribution in [-0.2, 0) is 16.0 Å². The highest BCUT2D eigenvalue weighted by Crippen LogP contribution is 2.53. The number of hydrogen-bond acceptors (Lipinski definition) is 5. The predicted octanol–water partition coefficient (Wildman–Crippen LogP) is 3.85. The zero-order valence-corrected chi connectivity index (χ0v) is 21.7. The average molecular weight is 509 g/mol. The summed E-state index contributed by atoms with van der Waals surface area (Å²) in [5.74, 6) is -0.236. The van der Waals surface area contributed by atoms with Crippen LogP contribution in [0.15, 0.2) is 48.8 Å². The molecule has 9 heteroatoms. The third-order valence-corrected chi connectivity index (χ3v) is 7.83. The number of carbonyl (C=O) groups is 3. The third-order valence-electron chi connectivity index (χ3n) is 7.83. The van der Waals surface area contributed by atoms with Crippen molar-refractivity contribution in [2.75, 3.05) is 18.4 Å². The molecule has 3 N–H and O–H groups in total. The number of pyridine rings is 1. The van der Waals surface area contributed by atoms with Crippen LogP contribution in [0.5, 0.6) is 0 Å². The fourth-order valence-electron chi connectivity index (χ4n) is 5.95. The van der Waals surface area contributed by atoms with Crippen LogP contribution < -0.4 is 5.32 Å². The minimum Gasteiger partial charge on any atom is -0.465 e. The van der Waals surface area contributed by atoms with Crippen molar-refractivity contribution in [3.8, 4) is 0 Å². The number of carbonyl (C=O) groups excluding carboxylic acids is 2. The molecule has 3 amide bonds. The van der Waals surface area contributed by atoms with E-state index in [-0.39, 0.29) is 24.4 Å². The number of likely N-dealkylation sites (tertiary alicyclic amines) is 2. The third kappa shape index (κ3) is 5.32. The fraction of sp³-hybridized carbons (Fsp3) is 0.500. The molecule has 0 bridgehead atoms. The van der Waals surface area contributed by atoms with Crippen LogP contribution in [0.25, 0.3) is 0 Å². The average Bonchev–Trinajstić information content (AvgIpc) is 3.44. The molecule has 4 rings (SSSR count). The second-order valence-electron chi connectivity index (χ2n) is 11.1. The topological polar surface area (TPSA) is 123 Å². The van der Waals surface area contributed by atoms with Crippen molar-refractivity contribution in [1.29, 1.82) is 0 Å². The number of rotatable bonds is 7. The van der Waals surface area contributed by atoms with Crippen molar-refractivity contribution in [2.45, 2.75) is 70.6 Å². The van der Waals surface area contributed by atoms with Gasteiger partial charge in [-0.25, -0.2) is 4.79 Å². The first-order valence-corrected chi connectivity index (χ1v) is 12.8. The Kier molecular flexibility index (Phi) is 7.54. The molecule has 1 aromatic heterocycles. The summed E-state index contributed by atoms with van der Waals surface area (Å²) < 4.78 is 0. The Balaban J connectivity index is 1.49. The van der Waals surface area contributed by atoms with Crippen molar-refractivity contribution < 1.29 is 24.6 Å². The van der Waals surface area contributed by atoms with Crippen LogP contribution in [0.4, 0.5) is 10.5 Å². The maximum atomic E-state index is 12.7. The largest absolute Gasteiger partial charge is 0.465 e. The van der Waals surface area contributed by atoms with E-state index >= 15 is 0 Å². The number of hydrogen-bond donors (Lipinski definition) is 3. The van der Waals surface area contributed by atoms with Crippen molar-refractivity contribution in [3.63, 3.8) is 0 Å². The van der Waals surface area contributed by atoms with Gasteiger partial charge in [-0.05, 0) is 54.9 Å². The minimum absolute atomic E-state index is 0.00465. The first-order valence-electron chi connectivity index (χ1n) is 12.8. The molecular formula is C28H36N4O5. The predicted molar refractivity (Wildman–Crippen MR) is 139 cm³/mol. The highest BCUT2D eigenvalue weighted by Gasteiger charge is 2.59. The van der Waals surface area contributed by atoms with Gasteiger partial charge >= 0.3 is 6.09 Å². The Morgan fingerprint density at radius 2 is 1.95 bits per heavy atom. The quantitative estimate of drug-likeness (QED) is 0.522. The SMILES string of the molecule is CC(C)(C)[C@@]1([C@H](O)c2cccnc2)CC[C@@H](Cc2ccc(NC(=O)CN3CCCC3=O)cc2)N1C(=O)O. The molecule has 2 aliphatic heterocycles. The lowest BCUT2D eigenvalue weighted by Gasteiger charge is -2.51. The van der Waals surface area contributed by atoms with Gasteiger partial charge in [0.05, 0.1) is 12.1 Å². The lowest BCUT2D eigenvalue weighted by atomic mass is 9.67. The van der Waals surface area contributed by atoms with Crippen molar-refractivity contribution in [1.82, 2.24) is 14.8 Å². The van der Waals surface area contributed by atoms with E-state index in [0.717, 1.165) is 12.0 Å². The zero-order chi connectivity index (χ0) is 26.8. The summed E-state index contributed by atoms with van der Waals surface area (Å²) >= 11 is 0. The van der Waals surface area contributed by atoms with E-state index < -0.39 is 23.2 Å². The van der Waals surface area contributed by atoms with Gasteiger partial charge < -0.3 is 20.4 Å². The second kappa shape index (κ2) is 10.5. The molecule has 37 heavy (non-hydrogen) atoms. The highest BCUT2D eigenvalue weighted by molar-refractivity contribution is 5.94. The summed E-state index contributed by atoms with van der Waals surface area (Å²) in [7, 11) is 0. The maximum absolute atomic E-state index is 12.7. The van der Waals surface area contributed by atoms with Gasteiger partial charge in [-0.2, -0.15) is 0 Å². The molecule has 0 radical (unpaired) electrons. The van der Waals surface area contributed by atoms with E-state index in [1.807, 2.05) is 32.9 Å². The van der Waals surface area contributed by atoms with Gasteiger partial charge in [0.1, 0.15) is 6.10 Å². The summed E-state index contributed by atoms with van der Waals surface area (Å²) in [6.45, 7) is 6.57. The van der Waals surface area contributed by atoms with E-state index in [2.05, 4.69) is 10.3 Å². The molecule has 3 heterocycles. The van der Waals surface area contributed by atoms with Gasteiger partial charge in [0.2, 0.25) is 11.8 Å². The smallest absolute Gasteiger partial charge is 0.408 e. The molecule has 2 aromatic rings. The van der Waals surface area contributed by atoms with E-state index in [9.17, 15) is 24.6 Å². The number of aromatic nitrogens is 1. The Morgan fingerprint density at radius 3 is 2.51 bits per heavy atom. The Bertz CT molecular complexity index is 1130. The number of aliphatic hydroxyl groups excluding tert-OH is 1. The normalized spacial score (nSPS) is 22.8. The molecular weight excluding hydrogens is 472 g/mol. The van der Waals surface area contributed by atoms with Gasteiger partial charge in [-0.15, -0.1) is 0 Å². The van der Waals surface area contributed by atoms with Crippen molar-refractivity contribution >= 4 is 23.6 Å². The Labute approximate surface area is 217 Å². The van der Waals surface area contributed by atoms with Gasteiger partial charge in [0.25, 0.3) is 0 Å². The molecule has 2 aliphatic rings. The Morgan fingerprint density at radius 1 is 1.22 bits per heavy atom. The van der Waals surface area contributed by atoms with E-state index in [1.54, 1.807) is 41.6 Å². The first kappa shape index (κ1) is 26.6. The van der Waals surface area contributed by atoms with E-state index in [1.165, 1.54) is 4.90 Å². The zero-order valence-electron chi connectivity index (χ0n) is 21.7. The summed E-state index contributed by atoms with van der Waals surface area (Å²) in [4.78, 5) is 43.9. The molecule has 0 saturated carbocycles. The fourth-order valence-corrected chi connectivity index (χ4v) is 5.95. The molecule has 3 atom stereocenters. The van der Waals surface area contributed by atoms with Crippen LogP contribution in [0.3, 0.4) is 0 Å². The molecule has 198 valence electrons. The van der Waals surface area contributed by atoms with Crippen LogP contribution in [-0.4, -0.2) is 67.6 Å². The van der Waals surface area contributed by atoms with Gasteiger partial charge in [-0.1, -0.05) is 39.0 Å². The molecule has 0 unspecified atom stereocenters. The highest BCUT2D eigenvalue weighted by atomic mass is 16.4. The standard InChI is InChI=1S/C28H36N4O5/c1-27(2,3)28(25(35)20-6-4-14-29-17-20)13-12-22(32(28)26(36)37)16-19-8-10-21(11-9-19)30-23(33)18-31-15-5-7-24(31)34/h4,6,8-11,14,17,22,25,35H,5,7,12-13,15-16,18H2,1-3H3,(H,30,33)(H,36,37)/t22-,25+,28-/m0/s1. The molecule has 0 spiro atoms. The maximum Gasteiger partial charge on any atom is 0.408 e. The van der Waals surface area contributed by atoms with Crippen LogP contribution >= 0.6 is 0 Å². The summed E-state index contributed by atoms with van der Waals surface area (Å²) in [5, 5.41) is 24.7. The summed E-state index contributed by atoms with van der Waals surface area (Å²) in [6, 6.07) is 10.6. The van der Waals surface area contributed by atoms with Crippen molar-refractivity contribution in [2.24, 2.45) is 5.41 Å². The van der Waals surface area contributed by atoms with Gasteiger partial charge in [-0.3, -0.25) is 19.5 Å². The molecule has 9 nitrogen and oxygen atoms in total. The van der Waals surface area contributed by atoms with Crippen LogP contribution in [0.1, 0.15) is 63.7 Å². The number of nitrogens with one attached hydrogen (secondary N) is 1. The number of carboxylic acid groups (broad SMARTS) is 1. The Hall–Kier alpha value is -3.46. The number of nitrogens with zero attached hydrogens (tertiary/aromatic N) is 3. The summed E-state index contributed by atoms with van der Waals surface area (Å²) in [5.41, 5.74) is 0.593.